The molecule has 0 aromatic heterocycles. The van der Waals surface area contributed by atoms with Crippen molar-refractivity contribution >= 4 is 18.1 Å². The van der Waals surface area contributed by atoms with Crippen LogP contribution in [-0.4, -0.2) is 11.9 Å². The van der Waals surface area contributed by atoms with Gasteiger partial charge in [-0.1, -0.05) is 12.1 Å². The average molecular weight is 229 g/mol. The van der Waals surface area contributed by atoms with E-state index in [0.29, 0.717) is 6.07 Å². The fraction of sp³-hybridized carbons (Fsp3) is 0. The third-order valence-electron chi connectivity index (χ3n) is 1.46. The molecule has 0 amide bonds. The number of nitro benzene ring substituents is 1. The number of rotatable bonds is 2. The molecule has 0 unspecified atom stereocenters. The van der Waals surface area contributed by atoms with Gasteiger partial charge in [0.2, 0.25) is 0 Å². The number of non-ortho nitro benzene ring substituents is 1. The summed E-state index contributed by atoms with van der Waals surface area (Å²) >= 11 is 0. The SMILES string of the molecule is O=[N+]([O-])c1cccc([B-](F)(F)F)c1.[K+]. The maximum absolute atomic E-state index is 12.1. The van der Waals surface area contributed by atoms with Crippen LogP contribution < -0.4 is 56.8 Å². The molecule has 0 saturated carbocycles. The largest absolute Gasteiger partial charge is 1.00 e. The van der Waals surface area contributed by atoms with Crippen molar-refractivity contribution in [3.8, 4) is 0 Å². The van der Waals surface area contributed by atoms with Gasteiger partial charge < -0.3 is 12.9 Å². The molecular weight excluding hydrogens is 225 g/mol. The van der Waals surface area contributed by atoms with Gasteiger partial charge in [-0.15, -0.1) is 5.46 Å². The first kappa shape index (κ1) is 14.1. The van der Waals surface area contributed by atoms with Crippen molar-refractivity contribution < 1.29 is 69.3 Å². The smallest absolute Gasteiger partial charge is 0.445 e. The van der Waals surface area contributed by atoms with Crippen molar-refractivity contribution in [1.29, 1.82) is 0 Å². The first-order valence-electron chi connectivity index (χ1n) is 3.35. The molecule has 0 fully saturated rings. The second-order valence-electron chi connectivity index (χ2n) is 2.43. The minimum absolute atomic E-state index is 0. The average Bonchev–Trinajstić information content (AvgIpc) is 2.03. The summed E-state index contributed by atoms with van der Waals surface area (Å²) in [5, 5.41) is 10.1. The third-order valence-corrected chi connectivity index (χ3v) is 1.46. The van der Waals surface area contributed by atoms with E-state index in [4.69, 9.17) is 0 Å². The molecule has 0 aliphatic rings. The Bertz CT molecular complexity index is 344. The van der Waals surface area contributed by atoms with Gasteiger partial charge >= 0.3 is 58.4 Å². The van der Waals surface area contributed by atoms with Crippen LogP contribution in [0.15, 0.2) is 24.3 Å². The molecule has 0 atom stereocenters. The van der Waals surface area contributed by atoms with Crippen molar-refractivity contribution in [2.75, 3.05) is 0 Å². The Morgan fingerprint density at radius 3 is 2.29 bits per heavy atom. The van der Waals surface area contributed by atoms with E-state index in [1.807, 2.05) is 0 Å². The maximum atomic E-state index is 12.1. The molecule has 8 heteroatoms. The van der Waals surface area contributed by atoms with Crippen molar-refractivity contribution in [2.45, 2.75) is 0 Å². The summed E-state index contributed by atoms with van der Waals surface area (Å²) in [5.74, 6) is 0. The van der Waals surface area contributed by atoms with Gasteiger partial charge in [0.15, 0.2) is 0 Å². The Kier molecular flexibility index (Phi) is 5.31. The number of benzene rings is 1. The molecule has 0 aliphatic carbocycles. The molecule has 0 spiro atoms. The molecule has 0 aliphatic heterocycles. The molecule has 0 heterocycles. The summed E-state index contributed by atoms with van der Waals surface area (Å²) in [6.45, 7) is -5.16. The first-order valence-corrected chi connectivity index (χ1v) is 3.35. The zero-order valence-corrected chi connectivity index (χ0v) is 10.4. The minimum atomic E-state index is -5.16. The van der Waals surface area contributed by atoms with Crippen molar-refractivity contribution in [3.05, 3.63) is 34.4 Å². The molecule has 1 aromatic rings. The summed E-state index contributed by atoms with van der Waals surface area (Å²) in [7, 11) is 0. The van der Waals surface area contributed by atoms with Crippen LogP contribution in [-0.2, 0) is 0 Å². The van der Waals surface area contributed by atoms with Crippen LogP contribution in [0.5, 0.6) is 0 Å². The van der Waals surface area contributed by atoms with Gasteiger partial charge in [-0.05, 0) is 6.07 Å². The summed E-state index contributed by atoms with van der Waals surface area (Å²) in [4.78, 5) is 9.27. The normalized spacial score (nSPS) is 10.5. The Morgan fingerprint density at radius 1 is 1.29 bits per heavy atom. The van der Waals surface area contributed by atoms with Crippen molar-refractivity contribution in [2.24, 2.45) is 0 Å². The number of hydrogen-bond acceptors (Lipinski definition) is 2. The Balaban J connectivity index is 0.00000169. The molecule has 1 aromatic carbocycles. The van der Waals surface area contributed by atoms with Crippen LogP contribution in [0.1, 0.15) is 0 Å². The van der Waals surface area contributed by atoms with Gasteiger partial charge in [-0.25, -0.2) is 0 Å². The maximum Gasteiger partial charge on any atom is 1.00 e. The standard InChI is InChI=1S/C6H4BF3NO2.K/c8-7(9,10)5-2-1-3-6(4-5)11(12)13;/h1-4H;/q-1;+1. The van der Waals surface area contributed by atoms with Gasteiger partial charge in [0.1, 0.15) is 0 Å². The van der Waals surface area contributed by atoms with E-state index >= 15 is 0 Å². The van der Waals surface area contributed by atoms with E-state index in [1.54, 1.807) is 0 Å². The van der Waals surface area contributed by atoms with E-state index in [0.717, 1.165) is 18.2 Å². The first-order chi connectivity index (χ1) is 5.91. The Hall–Kier alpha value is 0.111. The van der Waals surface area contributed by atoms with Crippen LogP contribution in [0.25, 0.3) is 0 Å². The summed E-state index contributed by atoms with van der Waals surface area (Å²) in [6, 6.07) is 3.38. The number of halogens is 3. The quantitative estimate of drug-likeness (QED) is 0.357. The van der Waals surface area contributed by atoms with Crippen molar-refractivity contribution in [1.82, 2.24) is 0 Å². The van der Waals surface area contributed by atoms with E-state index < -0.39 is 23.1 Å². The molecule has 0 radical (unpaired) electrons. The van der Waals surface area contributed by atoms with Gasteiger partial charge in [-0.2, -0.15) is 0 Å². The molecular formula is C6H4BF3KNO2. The number of nitro groups is 1. The van der Waals surface area contributed by atoms with Gasteiger partial charge in [-0.3, -0.25) is 10.1 Å². The summed E-state index contributed by atoms with van der Waals surface area (Å²) in [6.07, 6.45) is 0. The van der Waals surface area contributed by atoms with Gasteiger partial charge in [0.25, 0.3) is 5.69 Å². The van der Waals surface area contributed by atoms with Gasteiger partial charge in [0, 0.05) is 6.07 Å². The molecule has 0 N–H and O–H groups in total. The number of nitrogens with zero attached hydrogens (tertiary/aromatic N) is 1. The molecule has 14 heavy (non-hydrogen) atoms. The van der Waals surface area contributed by atoms with Crippen LogP contribution in [0.2, 0.25) is 0 Å². The van der Waals surface area contributed by atoms with Crippen molar-refractivity contribution in [3.63, 3.8) is 0 Å². The monoisotopic (exact) mass is 229 g/mol. The minimum Gasteiger partial charge on any atom is -0.445 e. The zero-order chi connectivity index (χ0) is 10.1. The van der Waals surface area contributed by atoms with Gasteiger partial charge in [0.05, 0.1) is 4.92 Å². The molecule has 1 rings (SSSR count). The Labute approximate surface area is 120 Å². The zero-order valence-electron chi connectivity index (χ0n) is 7.28. The second kappa shape index (κ2) is 5.27. The molecule has 70 valence electrons. The van der Waals surface area contributed by atoms with Crippen LogP contribution in [0, 0.1) is 10.1 Å². The fourth-order valence-corrected chi connectivity index (χ4v) is 0.842. The van der Waals surface area contributed by atoms with E-state index in [1.165, 1.54) is 0 Å². The fourth-order valence-electron chi connectivity index (χ4n) is 0.842. The third kappa shape index (κ3) is 3.70. The molecule has 0 saturated heterocycles. The summed E-state index contributed by atoms with van der Waals surface area (Å²) < 4.78 is 36.2. The van der Waals surface area contributed by atoms with Crippen LogP contribution >= 0.6 is 0 Å². The van der Waals surface area contributed by atoms with E-state index in [2.05, 4.69) is 0 Å². The van der Waals surface area contributed by atoms with Crippen LogP contribution in [0.4, 0.5) is 18.6 Å². The van der Waals surface area contributed by atoms with Crippen LogP contribution in [0.3, 0.4) is 0 Å². The predicted octanol–water partition coefficient (Wildman–Crippen LogP) is -1.35. The summed E-state index contributed by atoms with van der Waals surface area (Å²) in [5.41, 5.74) is -1.49. The van der Waals surface area contributed by atoms with E-state index in [-0.39, 0.29) is 51.4 Å². The second-order valence-corrected chi connectivity index (χ2v) is 2.43. The molecule has 3 nitrogen and oxygen atoms in total. The number of hydrogen-bond donors (Lipinski definition) is 0. The predicted molar refractivity (Wildman–Crippen MR) is 41.8 cm³/mol. The Morgan fingerprint density at radius 2 is 1.86 bits per heavy atom. The topological polar surface area (TPSA) is 43.1 Å². The van der Waals surface area contributed by atoms with E-state index in [9.17, 15) is 23.1 Å². The molecule has 0 bridgehead atoms.